The van der Waals surface area contributed by atoms with Crippen LogP contribution in [0.15, 0.2) is 103 Å². The highest BCUT2D eigenvalue weighted by molar-refractivity contribution is 6.49. The molecule has 1 aliphatic heterocycles. The van der Waals surface area contributed by atoms with Gasteiger partial charge in [-0.2, -0.15) is 0 Å². The third kappa shape index (κ3) is 3.51. The van der Waals surface area contributed by atoms with Gasteiger partial charge >= 0.3 is 0 Å². The molecular weight excluding hydrogens is 537 g/mol. The number of para-hydroxylation sites is 2. The van der Waals surface area contributed by atoms with Gasteiger partial charge in [0.05, 0.1) is 38.1 Å². The number of carbonyl (C=O) groups excluding carboxylic acids is 2. The van der Waals surface area contributed by atoms with Crippen molar-refractivity contribution in [3.63, 3.8) is 0 Å². The van der Waals surface area contributed by atoms with Gasteiger partial charge in [-0.3, -0.25) is 9.59 Å². The first-order valence-electron chi connectivity index (χ1n) is 13.1. The van der Waals surface area contributed by atoms with Crippen LogP contribution in [0.2, 0.25) is 10.0 Å². The second-order valence-corrected chi connectivity index (χ2v) is 11.6. The fourth-order valence-corrected chi connectivity index (χ4v) is 6.74. The fraction of sp³-hybridized carbons (Fsp3) is 0.0857. The maximum absolute atomic E-state index is 13.2. The van der Waals surface area contributed by atoms with E-state index in [0.29, 0.717) is 0 Å². The average molecular weight is 560 g/mol. The molecule has 2 aliphatic rings. The van der Waals surface area contributed by atoms with Crippen molar-refractivity contribution in [1.82, 2.24) is 0 Å². The van der Waals surface area contributed by atoms with Crippen molar-refractivity contribution >= 4 is 68.7 Å². The fourth-order valence-electron chi connectivity index (χ4n) is 6.25. The SMILES string of the molecule is CC1(C)c2ccccc2N(c2ccccc2)c2ccc3cc(C=C4C(=O)c5c(Cl)ccc(Cl)c5C4=O)ccc3c21. The molecule has 3 nitrogen and oxygen atoms in total. The highest BCUT2D eigenvalue weighted by atomic mass is 35.5. The molecule has 0 saturated carbocycles. The summed E-state index contributed by atoms with van der Waals surface area (Å²) in [7, 11) is 0. The number of hydrogen-bond donors (Lipinski definition) is 0. The molecule has 194 valence electrons. The number of rotatable bonds is 2. The van der Waals surface area contributed by atoms with Gasteiger partial charge in [-0.25, -0.2) is 0 Å². The Morgan fingerprint density at radius 2 is 1.35 bits per heavy atom. The Bertz CT molecular complexity index is 1900. The molecule has 0 amide bonds. The molecule has 5 aromatic carbocycles. The third-order valence-corrected chi connectivity index (χ3v) is 8.71. The number of anilines is 3. The summed E-state index contributed by atoms with van der Waals surface area (Å²) in [6.07, 6.45) is 1.65. The summed E-state index contributed by atoms with van der Waals surface area (Å²) in [4.78, 5) is 28.7. The number of nitrogens with zero attached hydrogens (tertiary/aromatic N) is 1. The zero-order valence-electron chi connectivity index (χ0n) is 21.8. The van der Waals surface area contributed by atoms with E-state index in [0.717, 1.165) is 27.7 Å². The molecule has 0 aromatic heterocycles. The van der Waals surface area contributed by atoms with Crippen molar-refractivity contribution in [1.29, 1.82) is 0 Å². The predicted molar refractivity (Wildman–Crippen MR) is 164 cm³/mol. The van der Waals surface area contributed by atoms with Crippen LogP contribution in [0.4, 0.5) is 17.1 Å². The van der Waals surface area contributed by atoms with E-state index in [4.69, 9.17) is 23.2 Å². The van der Waals surface area contributed by atoms with Gasteiger partial charge in [0.1, 0.15) is 0 Å². The zero-order valence-corrected chi connectivity index (χ0v) is 23.3. The second kappa shape index (κ2) is 8.92. The van der Waals surface area contributed by atoms with E-state index >= 15 is 0 Å². The van der Waals surface area contributed by atoms with E-state index in [1.54, 1.807) is 18.2 Å². The third-order valence-electron chi connectivity index (χ3n) is 8.08. The molecule has 0 atom stereocenters. The van der Waals surface area contributed by atoms with Crippen LogP contribution in [-0.2, 0) is 5.41 Å². The van der Waals surface area contributed by atoms with Crippen LogP contribution >= 0.6 is 23.2 Å². The van der Waals surface area contributed by atoms with Crippen molar-refractivity contribution in [2.24, 2.45) is 0 Å². The maximum atomic E-state index is 13.2. The molecule has 1 aliphatic carbocycles. The number of benzene rings is 5. The highest BCUT2D eigenvalue weighted by Gasteiger charge is 2.39. The average Bonchev–Trinajstić information content (AvgIpc) is 3.21. The number of allylic oxidation sites excluding steroid dienone is 1. The Morgan fingerprint density at radius 1 is 0.700 bits per heavy atom. The van der Waals surface area contributed by atoms with Gasteiger partial charge in [-0.15, -0.1) is 0 Å². The maximum Gasteiger partial charge on any atom is 0.199 e. The molecule has 0 radical (unpaired) electrons. The van der Waals surface area contributed by atoms with Crippen molar-refractivity contribution < 1.29 is 9.59 Å². The first kappa shape index (κ1) is 24.8. The molecule has 7 rings (SSSR count). The van der Waals surface area contributed by atoms with E-state index < -0.39 is 11.6 Å². The lowest BCUT2D eigenvalue weighted by Crippen LogP contribution is -2.30. The summed E-state index contributed by atoms with van der Waals surface area (Å²) >= 11 is 12.5. The molecule has 1 heterocycles. The summed E-state index contributed by atoms with van der Waals surface area (Å²) in [5.41, 5.74) is 6.82. The largest absolute Gasteiger partial charge is 0.310 e. The predicted octanol–water partition coefficient (Wildman–Crippen LogP) is 9.72. The number of ketones is 2. The molecule has 0 spiro atoms. The standard InChI is InChI=1S/C35H23Cl2NO2/c1-35(2)25-10-6-7-11-28(25)38(22-8-4-3-5-9-22)29-17-13-21-18-20(12-14-23(21)32(29)35)19-24-33(39)30-26(36)15-16-27(37)31(30)34(24)40/h3-19H,1-2H3. The van der Waals surface area contributed by atoms with Gasteiger partial charge in [0.2, 0.25) is 0 Å². The van der Waals surface area contributed by atoms with Gasteiger partial charge in [-0.05, 0) is 76.0 Å². The first-order valence-corrected chi connectivity index (χ1v) is 13.8. The van der Waals surface area contributed by atoms with E-state index in [1.807, 2.05) is 18.2 Å². The molecule has 5 heteroatoms. The molecule has 0 unspecified atom stereocenters. The Labute approximate surface area is 242 Å². The summed E-state index contributed by atoms with van der Waals surface area (Å²) in [5, 5.41) is 2.62. The van der Waals surface area contributed by atoms with E-state index in [9.17, 15) is 9.59 Å². The van der Waals surface area contributed by atoms with Gasteiger partial charge in [0, 0.05) is 11.1 Å². The van der Waals surface area contributed by atoms with Crippen LogP contribution in [0.25, 0.3) is 16.8 Å². The smallest absolute Gasteiger partial charge is 0.199 e. The Kier molecular flexibility index (Phi) is 5.54. The molecule has 0 bridgehead atoms. The lowest BCUT2D eigenvalue weighted by atomic mass is 9.71. The van der Waals surface area contributed by atoms with Crippen LogP contribution in [0.3, 0.4) is 0 Å². The Hall–Kier alpha value is -4.18. The van der Waals surface area contributed by atoms with Gasteiger partial charge in [-0.1, -0.05) is 91.6 Å². The number of Topliss-reactive ketones (excluding diaryl/α,β-unsaturated/α-hetero) is 2. The van der Waals surface area contributed by atoms with Crippen molar-refractivity contribution in [2.75, 3.05) is 4.90 Å². The quantitative estimate of drug-likeness (QED) is 0.159. The monoisotopic (exact) mass is 559 g/mol. The van der Waals surface area contributed by atoms with Gasteiger partial charge in [0.25, 0.3) is 0 Å². The lowest BCUT2D eigenvalue weighted by molar-refractivity contribution is 0.0990. The Morgan fingerprint density at radius 3 is 2.05 bits per heavy atom. The number of fused-ring (bicyclic) bond motifs is 5. The van der Waals surface area contributed by atoms with Crippen LogP contribution in [-0.4, -0.2) is 11.6 Å². The van der Waals surface area contributed by atoms with E-state index in [2.05, 4.69) is 85.5 Å². The van der Waals surface area contributed by atoms with Crippen LogP contribution in [0.5, 0.6) is 0 Å². The number of halogens is 2. The topological polar surface area (TPSA) is 37.4 Å². The summed E-state index contributed by atoms with van der Waals surface area (Å²) in [5.74, 6) is -0.788. The van der Waals surface area contributed by atoms with Gasteiger partial charge < -0.3 is 4.90 Å². The summed E-state index contributed by atoms with van der Waals surface area (Å²) in [6.45, 7) is 4.53. The van der Waals surface area contributed by atoms with Gasteiger partial charge in [0.15, 0.2) is 11.6 Å². The number of carbonyl (C=O) groups is 2. The lowest BCUT2D eigenvalue weighted by Gasteiger charge is -2.42. The summed E-state index contributed by atoms with van der Waals surface area (Å²) in [6, 6.07) is 32.4. The van der Waals surface area contributed by atoms with E-state index in [1.165, 1.54) is 16.8 Å². The minimum Gasteiger partial charge on any atom is -0.310 e. The molecule has 40 heavy (non-hydrogen) atoms. The minimum atomic E-state index is -0.394. The molecular formula is C35H23Cl2NO2. The molecule has 5 aromatic rings. The van der Waals surface area contributed by atoms with E-state index in [-0.39, 0.29) is 32.2 Å². The highest BCUT2D eigenvalue weighted by Crippen LogP contribution is 2.53. The zero-order chi connectivity index (χ0) is 27.8. The molecule has 0 fully saturated rings. The van der Waals surface area contributed by atoms with Crippen molar-refractivity contribution in [3.8, 4) is 0 Å². The molecule has 0 saturated heterocycles. The number of hydrogen-bond acceptors (Lipinski definition) is 3. The Balaban J connectivity index is 1.40. The normalized spacial score (nSPS) is 15.2. The molecule has 0 N–H and O–H groups in total. The summed E-state index contributed by atoms with van der Waals surface area (Å²) < 4.78 is 0. The van der Waals surface area contributed by atoms with Crippen LogP contribution < -0.4 is 4.90 Å². The minimum absolute atomic E-state index is 0.0758. The van der Waals surface area contributed by atoms with Crippen LogP contribution in [0.1, 0.15) is 51.3 Å². The first-order chi connectivity index (χ1) is 19.3. The van der Waals surface area contributed by atoms with Crippen molar-refractivity contribution in [2.45, 2.75) is 19.3 Å². The van der Waals surface area contributed by atoms with Crippen molar-refractivity contribution in [3.05, 3.63) is 140 Å². The second-order valence-electron chi connectivity index (χ2n) is 10.7. The van der Waals surface area contributed by atoms with Crippen LogP contribution in [0, 0.1) is 0 Å².